The fourth-order valence-corrected chi connectivity index (χ4v) is 3.12. The number of nitrogens with two attached hydrogens (primary N) is 1. The molecule has 0 atom stereocenters. The van der Waals surface area contributed by atoms with E-state index in [1.54, 1.807) is 11.1 Å². The second-order valence-corrected chi connectivity index (χ2v) is 6.09. The zero-order valence-electron chi connectivity index (χ0n) is 14.3. The smallest absolute Gasteiger partial charge is 0.179 e. The van der Waals surface area contributed by atoms with Gasteiger partial charge in [-0.05, 0) is 25.8 Å². The Bertz CT molecular complexity index is 967. The van der Waals surface area contributed by atoms with Crippen LogP contribution in [-0.4, -0.2) is 50.2 Å². The Labute approximate surface area is 150 Å². The van der Waals surface area contributed by atoms with Crippen LogP contribution in [0.15, 0.2) is 28.6 Å². The van der Waals surface area contributed by atoms with Crippen molar-refractivity contribution in [3.05, 3.63) is 29.6 Å². The van der Waals surface area contributed by atoms with E-state index in [0.717, 1.165) is 12.8 Å². The largest absolute Gasteiger partial charge is 0.506 e. The zero-order chi connectivity index (χ0) is 18.7. The zero-order valence-corrected chi connectivity index (χ0v) is 14.3. The van der Waals surface area contributed by atoms with Crippen LogP contribution in [0.3, 0.4) is 0 Å². The second-order valence-electron chi connectivity index (χ2n) is 6.09. The minimum atomic E-state index is -0.0761. The van der Waals surface area contributed by atoms with Crippen molar-refractivity contribution in [1.29, 1.82) is 10.5 Å². The number of piperidine rings is 1. The van der Waals surface area contributed by atoms with Gasteiger partial charge in [-0.25, -0.2) is 4.52 Å². The molecule has 1 aliphatic heterocycles. The predicted octanol–water partition coefficient (Wildman–Crippen LogP) is 0.981. The average Bonchev–Trinajstić information content (AvgIpc) is 3.06. The number of hydrogen-bond donors (Lipinski definition) is 2. The fraction of sp³-hybridized carbons (Fsp3) is 0.353. The van der Waals surface area contributed by atoms with Gasteiger partial charge in [0.1, 0.15) is 28.6 Å². The highest BCUT2D eigenvalue weighted by atomic mass is 16.3. The third kappa shape index (κ3) is 3.15. The minimum Gasteiger partial charge on any atom is -0.506 e. The minimum absolute atomic E-state index is 0.0761. The molecule has 3 rings (SSSR count). The van der Waals surface area contributed by atoms with Crippen molar-refractivity contribution in [2.75, 3.05) is 13.1 Å². The molecule has 0 bridgehead atoms. The number of nitrogens with zero attached hydrogens (tertiary/aromatic N) is 7. The molecule has 9 heteroatoms. The van der Waals surface area contributed by atoms with E-state index in [4.69, 9.17) is 16.4 Å². The monoisotopic (exact) mass is 350 g/mol. The van der Waals surface area contributed by atoms with Crippen molar-refractivity contribution in [3.8, 4) is 18.0 Å². The van der Waals surface area contributed by atoms with E-state index in [2.05, 4.69) is 21.4 Å². The van der Waals surface area contributed by atoms with E-state index in [1.807, 2.05) is 13.0 Å². The number of pyridine rings is 1. The molecule has 9 nitrogen and oxygen atoms in total. The molecular formula is C17H18N8O. The number of aromatic nitrogens is 2. The summed E-state index contributed by atoms with van der Waals surface area (Å²) in [7, 11) is 0. The summed E-state index contributed by atoms with van der Waals surface area (Å²) in [5.74, 6) is 5.50. The predicted molar refractivity (Wildman–Crippen MR) is 95.6 cm³/mol. The lowest BCUT2D eigenvalue weighted by molar-refractivity contribution is 0.297. The van der Waals surface area contributed by atoms with Crippen molar-refractivity contribution in [2.24, 2.45) is 15.9 Å². The number of aliphatic imine (C=N–C) groups is 1. The summed E-state index contributed by atoms with van der Waals surface area (Å²) < 4.78 is 1.42. The van der Waals surface area contributed by atoms with Crippen molar-refractivity contribution < 1.29 is 5.11 Å². The third-order valence-corrected chi connectivity index (χ3v) is 4.44. The molecule has 132 valence electrons. The van der Waals surface area contributed by atoms with Gasteiger partial charge in [0.25, 0.3) is 0 Å². The normalized spacial score (nSPS) is 16.5. The summed E-state index contributed by atoms with van der Waals surface area (Å²) >= 11 is 0. The maximum absolute atomic E-state index is 10.3. The molecule has 0 unspecified atom stereocenters. The van der Waals surface area contributed by atoms with Crippen LogP contribution in [0, 0.1) is 22.8 Å². The Morgan fingerprint density at radius 2 is 2.12 bits per heavy atom. The molecule has 0 amide bonds. The maximum Gasteiger partial charge on any atom is 0.179 e. The van der Waals surface area contributed by atoms with Gasteiger partial charge in [-0.3, -0.25) is 4.99 Å². The molecule has 3 heterocycles. The van der Waals surface area contributed by atoms with E-state index >= 15 is 0 Å². The van der Waals surface area contributed by atoms with Crippen LogP contribution in [0.2, 0.25) is 0 Å². The molecule has 0 spiro atoms. The van der Waals surface area contributed by atoms with Gasteiger partial charge in [-0.15, -0.1) is 0 Å². The maximum atomic E-state index is 10.3. The van der Waals surface area contributed by atoms with Gasteiger partial charge in [-0.2, -0.15) is 20.7 Å². The molecule has 0 saturated carbocycles. The van der Waals surface area contributed by atoms with Gasteiger partial charge in [0.2, 0.25) is 0 Å². The van der Waals surface area contributed by atoms with Gasteiger partial charge in [0.05, 0.1) is 18.0 Å². The van der Waals surface area contributed by atoms with Gasteiger partial charge in [0, 0.05) is 24.8 Å². The number of likely N-dealkylation sites (tertiary alicyclic amines) is 1. The molecule has 2 aromatic rings. The first-order valence-electron chi connectivity index (χ1n) is 8.15. The first-order chi connectivity index (χ1) is 12.6. The summed E-state index contributed by atoms with van der Waals surface area (Å²) in [6, 6.07) is 3.59. The SMILES string of the molecule is CC(=NC1CCN(C#N)CC1)/C(=N\N)c1cc(O)c2c(C#N)cnn2c1. The lowest BCUT2D eigenvalue weighted by Gasteiger charge is -2.26. The summed E-state index contributed by atoms with van der Waals surface area (Å²) in [6.07, 6.45) is 6.77. The van der Waals surface area contributed by atoms with Crippen LogP contribution >= 0.6 is 0 Å². The van der Waals surface area contributed by atoms with Crippen LogP contribution < -0.4 is 5.84 Å². The fourth-order valence-electron chi connectivity index (χ4n) is 3.12. The number of hydrazone groups is 1. The van der Waals surface area contributed by atoms with Crippen LogP contribution in [0.4, 0.5) is 0 Å². The van der Waals surface area contributed by atoms with Crippen molar-refractivity contribution in [1.82, 2.24) is 14.5 Å². The van der Waals surface area contributed by atoms with Gasteiger partial charge in [0.15, 0.2) is 6.19 Å². The number of aromatic hydroxyl groups is 1. The highest BCUT2D eigenvalue weighted by molar-refractivity contribution is 6.47. The quantitative estimate of drug-likeness (QED) is 0.366. The van der Waals surface area contributed by atoms with Crippen LogP contribution in [0.1, 0.15) is 30.9 Å². The third-order valence-electron chi connectivity index (χ3n) is 4.44. The van der Waals surface area contributed by atoms with E-state index in [1.165, 1.54) is 16.8 Å². The standard InChI is InChI=1S/C17H18N8O/c1-11(22-14-2-4-24(10-19)5-3-14)16(23-20)12-6-15(26)17-13(7-18)8-21-25(17)9-12/h6,8-9,14,26H,2-5,20H2,1H3/b22-11?,23-16+. The summed E-state index contributed by atoms with van der Waals surface area (Å²) in [6.45, 7) is 3.18. The summed E-state index contributed by atoms with van der Waals surface area (Å²) in [4.78, 5) is 6.41. The number of rotatable bonds is 3. The lowest BCUT2D eigenvalue weighted by atomic mass is 10.0. The van der Waals surface area contributed by atoms with Crippen molar-refractivity contribution in [2.45, 2.75) is 25.8 Å². The molecule has 0 radical (unpaired) electrons. The van der Waals surface area contributed by atoms with E-state index < -0.39 is 0 Å². The van der Waals surface area contributed by atoms with Gasteiger partial charge >= 0.3 is 0 Å². The Kier molecular flexibility index (Phi) is 4.72. The van der Waals surface area contributed by atoms with E-state index in [9.17, 15) is 5.11 Å². The lowest BCUT2D eigenvalue weighted by Crippen LogP contribution is -2.32. The molecule has 26 heavy (non-hydrogen) atoms. The first-order valence-corrected chi connectivity index (χ1v) is 8.15. The first kappa shape index (κ1) is 17.2. The molecule has 0 aliphatic carbocycles. The van der Waals surface area contributed by atoms with E-state index in [0.29, 0.717) is 35.6 Å². The average molecular weight is 350 g/mol. The number of nitriles is 2. The van der Waals surface area contributed by atoms with Crippen molar-refractivity contribution in [3.63, 3.8) is 0 Å². The summed E-state index contributed by atoms with van der Waals surface area (Å²) in [5, 5.41) is 36.2. The van der Waals surface area contributed by atoms with Crippen LogP contribution in [0.25, 0.3) is 5.52 Å². The van der Waals surface area contributed by atoms with Gasteiger partial charge in [-0.1, -0.05) is 0 Å². The Balaban J connectivity index is 1.90. The van der Waals surface area contributed by atoms with Gasteiger partial charge < -0.3 is 15.8 Å². The van der Waals surface area contributed by atoms with Crippen LogP contribution in [-0.2, 0) is 0 Å². The highest BCUT2D eigenvalue weighted by Gasteiger charge is 2.20. The highest BCUT2D eigenvalue weighted by Crippen LogP contribution is 2.24. The van der Waals surface area contributed by atoms with Crippen LogP contribution in [0.5, 0.6) is 5.75 Å². The molecular weight excluding hydrogens is 332 g/mol. The number of hydrogen-bond acceptors (Lipinski definition) is 8. The Morgan fingerprint density at radius 1 is 1.38 bits per heavy atom. The molecule has 3 N–H and O–H groups in total. The molecule has 1 fully saturated rings. The second kappa shape index (κ2) is 7.11. The Hall–Kier alpha value is -3.59. The summed E-state index contributed by atoms with van der Waals surface area (Å²) in [5.41, 5.74) is 2.27. The molecule has 2 aromatic heterocycles. The molecule has 1 saturated heterocycles. The molecule has 1 aliphatic rings. The topological polar surface area (TPSA) is 139 Å². The number of fused-ring (bicyclic) bond motifs is 1. The Morgan fingerprint density at radius 3 is 2.73 bits per heavy atom. The van der Waals surface area contributed by atoms with Crippen molar-refractivity contribution >= 4 is 16.9 Å². The van der Waals surface area contributed by atoms with E-state index in [-0.39, 0.29) is 17.4 Å². The molecule has 0 aromatic carbocycles.